The van der Waals surface area contributed by atoms with Crippen LogP contribution in [0.15, 0.2) is 37.2 Å². The zero-order chi connectivity index (χ0) is 17.9. The highest BCUT2D eigenvalue weighted by Crippen LogP contribution is 2.21. The van der Waals surface area contributed by atoms with Gasteiger partial charge in [0.15, 0.2) is 5.75 Å². The van der Waals surface area contributed by atoms with Crippen LogP contribution in [0.3, 0.4) is 0 Å². The lowest BCUT2D eigenvalue weighted by Crippen LogP contribution is -2.47. The summed E-state index contributed by atoms with van der Waals surface area (Å²) in [6.45, 7) is 3.32. The number of hydrogen-bond donors (Lipinski definition) is 0. The molecule has 9 nitrogen and oxygen atoms in total. The minimum absolute atomic E-state index is 0.662. The zero-order valence-corrected chi connectivity index (χ0v) is 14.8. The number of piperazine rings is 1. The molecule has 4 rings (SSSR count). The maximum Gasteiger partial charge on any atom is 0.225 e. The number of aryl methyl sites for hydroxylation is 1. The Morgan fingerprint density at radius 3 is 2.31 bits per heavy atom. The Morgan fingerprint density at radius 2 is 1.65 bits per heavy atom. The summed E-state index contributed by atoms with van der Waals surface area (Å²) in [6.07, 6.45) is 10.7. The molecule has 0 unspecified atom stereocenters. The van der Waals surface area contributed by atoms with Crippen molar-refractivity contribution >= 4 is 11.8 Å². The number of nitrogens with zero attached hydrogens (tertiary/aromatic N) is 8. The SMILES string of the molecule is COc1cnc(N2CCN(c3cncc(-c4cnn(C)c4)n3)CC2)nc1. The highest BCUT2D eigenvalue weighted by Gasteiger charge is 2.20. The lowest BCUT2D eigenvalue weighted by molar-refractivity contribution is 0.410. The molecule has 9 heteroatoms. The molecule has 0 spiro atoms. The monoisotopic (exact) mass is 352 g/mol. The van der Waals surface area contributed by atoms with E-state index in [1.165, 1.54) is 0 Å². The standard InChI is InChI=1S/C17H20N8O/c1-23-12-13(7-21-23)15-10-18-11-16(22-15)24-3-5-25(6-4-24)17-19-8-14(26-2)9-20-17/h7-12H,3-6H2,1-2H3. The summed E-state index contributed by atoms with van der Waals surface area (Å²) in [4.78, 5) is 22.2. The van der Waals surface area contributed by atoms with Crippen LogP contribution in [0.4, 0.5) is 11.8 Å². The predicted octanol–water partition coefficient (Wildman–Crippen LogP) is 1.00. The Hall–Kier alpha value is -3.23. The van der Waals surface area contributed by atoms with E-state index in [9.17, 15) is 0 Å². The summed E-state index contributed by atoms with van der Waals surface area (Å²) in [5.41, 5.74) is 1.80. The Kier molecular flexibility index (Phi) is 4.34. The number of rotatable bonds is 4. The molecule has 3 aromatic heterocycles. The first-order valence-corrected chi connectivity index (χ1v) is 8.40. The van der Waals surface area contributed by atoms with Gasteiger partial charge in [-0.1, -0.05) is 0 Å². The van der Waals surface area contributed by atoms with E-state index in [4.69, 9.17) is 9.72 Å². The van der Waals surface area contributed by atoms with E-state index < -0.39 is 0 Å². The second kappa shape index (κ2) is 6.95. The van der Waals surface area contributed by atoms with E-state index in [-0.39, 0.29) is 0 Å². The molecule has 0 N–H and O–H groups in total. The maximum atomic E-state index is 5.11. The second-order valence-electron chi connectivity index (χ2n) is 6.06. The summed E-state index contributed by atoms with van der Waals surface area (Å²) in [5.74, 6) is 2.26. The molecule has 0 bridgehead atoms. The fourth-order valence-corrected chi connectivity index (χ4v) is 2.91. The molecule has 4 heterocycles. The van der Waals surface area contributed by atoms with E-state index in [1.807, 2.05) is 13.2 Å². The number of ether oxygens (including phenoxy) is 1. The largest absolute Gasteiger partial charge is 0.494 e. The highest BCUT2D eigenvalue weighted by molar-refractivity contribution is 5.58. The molecule has 26 heavy (non-hydrogen) atoms. The van der Waals surface area contributed by atoms with E-state index in [0.717, 1.165) is 49.2 Å². The third-order valence-electron chi connectivity index (χ3n) is 4.36. The van der Waals surface area contributed by atoms with Crippen LogP contribution < -0.4 is 14.5 Å². The normalized spacial score (nSPS) is 14.5. The highest BCUT2D eigenvalue weighted by atomic mass is 16.5. The molecule has 134 valence electrons. The quantitative estimate of drug-likeness (QED) is 0.688. The van der Waals surface area contributed by atoms with Gasteiger partial charge in [0.25, 0.3) is 0 Å². The molecule has 0 amide bonds. The molecule has 1 fully saturated rings. The lowest BCUT2D eigenvalue weighted by atomic mass is 10.2. The fourth-order valence-electron chi connectivity index (χ4n) is 2.91. The van der Waals surface area contributed by atoms with Gasteiger partial charge in [0.1, 0.15) is 5.82 Å². The molecule has 1 aliphatic heterocycles. The van der Waals surface area contributed by atoms with Gasteiger partial charge in [0.05, 0.1) is 43.8 Å². The van der Waals surface area contributed by atoms with E-state index >= 15 is 0 Å². The van der Waals surface area contributed by atoms with Gasteiger partial charge in [-0.25, -0.2) is 15.0 Å². The third kappa shape index (κ3) is 3.28. The first-order valence-electron chi connectivity index (χ1n) is 8.40. The van der Waals surface area contributed by atoms with Crippen LogP contribution in [0, 0.1) is 0 Å². The van der Waals surface area contributed by atoms with Crippen molar-refractivity contribution in [3.05, 3.63) is 37.2 Å². The van der Waals surface area contributed by atoms with Crippen molar-refractivity contribution in [1.82, 2.24) is 29.7 Å². The molecule has 0 radical (unpaired) electrons. The molecule has 1 aliphatic rings. The van der Waals surface area contributed by atoms with Gasteiger partial charge in [-0.15, -0.1) is 0 Å². The summed E-state index contributed by atoms with van der Waals surface area (Å²) in [7, 11) is 3.50. The first-order chi connectivity index (χ1) is 12.7. The van der Waals surface area contributed by atoms with Crippen LogP contribution in [-0.2, 0) is 7.05 Å². The molecule has 1 saturated heterocycles. The van der Waals surface area contributed by atoms with Gasteiger partial charge >= 0.3 is 0 Å². The topological polar surface area (TPSA) is 85.1 Å². The minimum atomic E-state index is 0.662. The Morgan fingerprint density at radius 1 is 0.923 bits per heavy atom. The molecule has 3 aromatic rings. The van der Waals surface area contributed by atoms with E-state index in [2.05, 4.69) is 29.9 Å². The number of aromatic nitrogens is 6. The smallest absolute Gasteiger partial charge is 0.225 e. The zero-order valence-electron chi connectivity index (χ0n) is 14.8. The van der Waals surface area contributed by atoms with Gasteiger partial charge in [0, 0.05) is 45.0 Å². The Bertz CT molecular complexity index is 870. The van der Waals surface area contributed by atoms with Gasteiger partial charge < -0.3 is 14.5 Å². The first kappa shape index (κ1) is 16.2. The summed E-state index contributed by atoms with van der Waals surface area (Å²) < 4.78 is 6.87. The van der Waals surface area contributed by atoms with Gasteiger partial charge in [-0.3, -0.25) is 9.67 Å². The van der Waals surface area contributed by atoms with Crippen molar-refractivity contribution in [2.45, 2.75) is 0 Å². The average molecular weight is 352 g/mol. The maximum absolute atomic E-state index is 5.11. The molecular formula is C17H20N8O. The molecule has 0 aromatic carbocycles. The van der Waals surface area contributed by atoms with Crippen molar-refractivity contribution in [2.24, 2.45) is 7.05 Å². The van der Waals surface area contributed by atoms with Crippen LogP contribution in [0.2, 0.25) is 0 Å². The number of methoxy groups -OCH3 is 1. The fraction of sp³-hybridized carbons (Fsp3) is 0.353. The minimum Gasteiger partial charge on any atom is -0.494 e. The van der Waals surface area contributed by atoms with Crippen LogP contribution in [0.5, 0.6) is 5.75 Å². The average Bonchev–Trinajstić information content (AvgIpc) is 3.15. The summed E-state index contributed by atoms with van der Waals surface area (Å²) >= 11 is 0. The Balaban J connectivity index is 1.44. The third-order valence-corrected chi connectivity index (χ3v) is 4.36. The van der Waals surface area contributed by atoms with E-state index in [1.54, 1.807) is 42.8 Å². The van der Waals surface area contributed by atoms with Gasteiger partial charge in [-0.05, 0) is 0 Å². The lowest BCUT2D eigenvalue weighted by Gasteiger charge is -2.35. The predicted molar refractivity (Wildman–Crippen MR) is 97.2 cm³/mol. The molecular weight excluding hydrogens is 332 g/mol. The van der Waals surface area contributed by atoms with Gasteiger partial charge in [0.2, 0.25) is 5.95 Å². The van der Waals surface area contributed by atoms with Crippen molar-refractivity contribution in [3.63, 3.8) is 0 Å². The van der Waals surface area contributed by atoms with Crippen LogP contribution in [-0.4, -0.2) is 63.0 Å². The molecule has 0 aliphatic carbocycles. The summed E-state index contributed by atoms with van der Waals surface area (Å²) in [6, 6.07) is 0. The summed E-state index contributed by atoms with van der Waals surface area (Å²) in [5, 5.41) is 4.20. The van der Waals surface area contributed by atoms with Crippen LogP contribution >= 0.6 is 0 Å². The van der Waals surface area contributed by atoms with Crippen LogP contribution in [0.1, 0.15) is 0 Å². The molecule has 0 saturated carbocycles. The van der Waals surface area contributed by atoms with Crippen molar-refractivity contribution in [2.75, 3.05) is 43.1 Å². The van der Waals surface area contributed by atoms with E-state index in [0.29, 0.717) is 5.75 Å². The number of anilines is 2. The van der Waals surface area contributed by atoms with Crippen molar-refractivity contribution in [1.29, 1.82) is 0 Å². The number of hydrogen-bond acceptors (Lipinski definition) is 8. The molecule has 0 atom stereocenters. The Labute approximate surface area is 151 Å². The van der Waals surface area contributed by atoms with Gasteiger partial charge in [-0.2, -0.15) is 5.10 Å². The van der Waals surface area contributed by atoms with Crippen molar-refractivity contribution < 1.29 is 4.74 Å². The van der Waals surface area contributed by atoms with Crippen LogP contribution in [0.25, 0.3) is 11.3 Å². The second-order valence-corrected chi connectivity index (χ2v) is 6.06. The van der Waals surface area contributed by atoms with Crippen molar-refractivity contribution in [3.8, 4) is 17.0 Å².